The van der Waals surface area contributed by atoms with Gasteiger partial charge in [-0.15, -0.1) is 23.1 Å². The fourth-order valence-electron chi connectivity index (χ4n) is 4.51. The first-order valence-corrected chi connectivity index (χ1v) is 14.3. The zero-order valence-electron chi connectivity index (χ0n) is 21.1. The largest absolute Gasteiger partial charge is 0.461 e. The second-order valence-electron chi connectivity index (χ2n) is 9.05. The molecule has 1 fully saturated rings. The van der Waals surface area contributed by atoms with Crippen LogP contribution in [0, 0.1) is 0 Å². The molecule has 5 rings (SSSR count). The van der Waals surface area contributed by atoms with E-state index in [4.69, 9.17) is 9.47 Å². The van der Waals surface area contributed by atoms with Crippen LogP contribution in [0.5, 0.6) is 0 Å². The van der Waals surface area contributed by atoms with Crippen molar-refractivity contribution >= 4 is 46.9 Å². The van der Waals surface area contributed by atoms with Crippen LogP contribution in [0.1, 0.15) is 29.0 Å². The summed E-state index contributed by atoms with van der Waals surface area (Å²) in [6.45, 7) is 1.14. The molecule has 0 unspecified atom stereocenters. The minimum atomic E-state index is -0.764. The van der Waals surface area contributed by atoms with E-state index < -0.39 is 35.4 Å². The van der Waals surface area contributed by atoms with Gasteiger partial charge in [0.15, 0.2) is 6.10 Å². The van der Waals surface area contributed by atoms with Crippen molar-refractivity contribution in [2.75, 3.05) is 12.4 Å². The maximum atomic E-state index is 13.8. The van der Waals surface area contributed by atoms with Crippen LogP contribution in [-0.4, -0.2) is 52.4 Å². The Kier molecular flexibility index (Phi) is 8.13. The Morgan fingerprint density at radius 3 is 2.26 bits per heavy atom. The molecule has 3 aromatic rings. The van der Waals surface area contributed by atoms with Crippen LogP contribution in [0.2, 0.25) is 0 Å². The first-order chi connectivity index (χ1) is 18.9. The van der Waals surface area contributed by atoms with Crippen LogP contribution < -0.4 is 5.32 Å². The molecule has 2 aliphatic heterocycles. The van der Waals surface area contributed by atoms with Crippen LogP contribution in [0.25, 0.3) is 0 Å². The number of thiophene rings is 1. The number of β-lactam (4-membered cyclic amide) rings is 1. The number of rotatable bonds is 9. The average Bonchev–Trinajstić information content (AvgIpc) is 3.46. The SMILES string of the molecule is CC(=O)OCC1=C(C(=O)OC(c2ccccc2)c2ccccc2)N2C(=O)[C@@H](NC(=O)Cc3cccs3)[C@H]2SC1. The summed E-state index contributed by atoms with van der Waals surface area (Å²) >= 11 is 2.87. The second-order valence-corrected chi connectivity index (χ2v) is 11.2. The number of thioether (sulfide) groups is 1. The van der Waals surface area contributed by atoms with Crippen LogP contribution in [0.3, 0.4) is 0 Å². The maximum absolute atomic E-state index is 13.8. The van der Waals surface area contributed by atoms with Crippen molar-refractivity contribution in [1.29, 1.82) is 0 Å². The Morgan fingerprint density at radius 1 is 1.00 bits per heavy atom. The molecule has 1 saturated heterocycles. The summed E-state index contributed by atoms with van der Waals surface area (Å²) in [5, 5.41) is 4.23. The summed E-state index contributed by atoms with van der Waals surface area (Å²) in [6, 6.07) is 21.6. The fourth-order valence-corrected chi connectivity index (χ4v) is 6.55. The Labute approximate surface area is 234 Å². The van der Waals surface area contributed by atoms with E-state index in [1.807, 2.05) is 78.2 Å². The molecule has 0 spiro atoms. The first-order valence-electron chi connectivity index (χ1n) is 12.3. The lowest BCUT2D eigenvalue weighted by Gasteiger charge is -2.49. The molecule has 2 aromatic carbocycles. The summed E-state index contributed by atoms with van der Waals surface area (Å²) in [4.78, 5) is 53.5. The van der Waals surface area contributed by atoms with E-state index in [-0.39, 0.29) is 24.6 Å². The van der Waals surface area contributed by atoms with Gasteiger partial charge in [-0.3, -0.25) is 19.3 Å². The standard InChI is InChI=1S/C29H26N2O6S2/c1-18(32)36-16-21-17-39-28-24(30-23(33)15-22-13-8-14-38-22)27(34)31(28)25(21)29(35)37-26(19-9-4-2-5-10-19)20-11-6-3-7-12-20/h2-14,24,26,28H,15-17H2,1H3,(H,30,33)/t24-,28-/m1/s1. The van der Waals surface area contributed by atoms with Gasteiger partial charge >= 0.3 is 11.9 Å². The van der Waals surface area contributed by atoms with Gasteiger partial charge in [0.05, 0.1) is 6.42 Å². The molecule has 2 atom stereocenters. The van der Waals surface area contributed by atoms with Gasteiger partial charge in [0, 0.05) is 23.1 Å². The number of ether oxygens (including phenoxy) is 2. The number of hydrogen-bond donors (Lipinski definition) is 1. The van der Waals surface area contributed by atoms with E-state index in [1.54, 1.807) is 0 Å². The lowest BCUT2D eigenvalue weighted by molar-refractivity contribution is -0.155. The van der Waals surface area contributed by atoms with Crippen molar-refractivity contribution in [3.05, 3.63) is 105 Å². The molecule has 2 amide bonds. The van der Waals surface area contributed by atoms with Gasteiger partial charge in [-0.05, 0) is 22.6 Å². The third kappa shape index (κ3) is 5.91. The number of fused-ring (bicyclic) bond motifs is 1. The van der Waals surface area contributed by atoms with Gasteiger partial charge in [0.2, 0.25) is 5.91 Å². The van der Waals surface area contributed by atoms with Crippen LogP contribution in [-0.2, 0) is 35.1 Å². The summed E-state index contributed by atoms with van der Waals surface area (Å²) in [5.41, 5.74) is 2.09. The summed E-state index contributed by atoms with van der Waals surface area (Å²) < 4.78 is 11.3. The van der Waals surface area contributed by atoms with E-state index in [1.165, 1.54) is 34.9 Å². The maximum Gasteiger partial charge on any atom is 0.356 e. The van der Waals surface area contributed by atoms with Gasteiger partial charge in [0.1, 0.15) is 23.7 Å². The van der Waals surface area contributed by atoms with E-state index in [2.05, 4.69) is 5.32 Å². The highest BCUT2D eigenvalue weighted by atomic mass is 32.2. The van der Waals surface area contributed by atoms with Gasteiger partial charge in [-0.2, -0.15) is 0 Å². The molecule has 0 bridgehead atoms. The number of carbonyl (C=O) groups is 4. The number of hydrogen-bond acceptors (Lipinski definition) is 8. The van der Waals surface area contributed by atoms with Gasteiger partial charge < -0.3 is 14.8 Å². The summed E-state index contributed by atoms with van der Waals surface area (Å²) in [6.07, 6.45) is -0.537. The molecule has 0 radical (unpaired) electrons. The average molecular weight is 563 g/mol. The van der Waals surface area contributed by atoms with Gasteiger partial charge in [-0.25, -0.2) is 4.79 Å². The molecule has 200 valence electrons. The third-order valence-electron chi connectivity index (χ3n) is 6.35. The first kappa shape index (κ1) is 26.7. The predicted octanol–water partition coefficient (Wildman–Crippen LogP) is 3.84. The molecule has 10 heteroatoms. The number of nitrogens with zero attached hydrogens (tertiary/aromatic N) is 1. The molecule has 1 aromatic heterocycles. The van der Waals surface area contributed by atoms with Crippen LogP contribution >= 0.6 is 23.1 Å². The van der Waals surface area contributed by atoms with E-state index in [0.717, 1.165) is 16.0 Å². The number of carbonyl (C=O) groups excluding carboxylic acids is 4. The highest BCUT2D eigenvalue weighted by Crippen LogP contribution is 2.41. The van der Waals surface area contributed by atoms with Crippen molar-refractivity contribution in [3.8, 4) is 0 Å². The van der Waals surface area contributed by atoms with Crippen LogP contribution in [0.15, 0.2) is 89.4 Å². The quantitative estimate of drug-likeness (QED) is 0.312. The van der Waals surface area contributed by atoms with E-state index in [9.17, 15) is 19.2 Å². The second kappa shape index (κ2) is 11.9. The summed E-state index contributed by atoms with van der Waals surface area (Å²) in [7, 11) is 0. The zero-order chi connectivity index (χ0) is 27.4. The molecule has 8 nitrogen and oxygen atoms in total. The van der Waals surface area contributed by atoms with Crippen molar-refractivity contribution in [3.63, 3.8) is 0 Å². The molecule has 0 saturated carbocycles. The number of amides is 2. The highest BCUT2D eigenvalue weighted by Gasteiger charge is 2.54. The van der Waals surface area contributed by atoms with Gasteiger partial charge in [-0.1, -0.05) is 66.7 Å². The number of benzene rings is 2. The van der Waals surface area contributed by atoms with Crippen molar-refractivity contribution in [2.45, 2.75) is 30.9 Å². The Bertz CT molecular complexity index is 1350. The highest BCUT2D eigenvalue weighted by molar-refractivity contribution is 8.00. The molecule has 0 aliphatic carbocycles. The predicted molar refractivity (Wildman–Crippen MR) is 148 cm³/mol. The topological polar surface area (TPSA) is 102 Å². The van der Waals surface area contributed by atoms with Crippen molar-refractivity contribution in [2.24, 2.45) is 0 Å². The Morgan fingerprint density at radius 2 is 1.67 bits per heavy atom. The Balaban J connectivity index is 1.40. The minimum absolute atomic E-state index is 0.0608. The molecule has 3 heterocycles. The smallest absolute Gasteiger partial charge is 0.356 e. The third-order valence-corrected chi connectivity index (χ3v) is 8.57. The normalized spacial score (nSPS) is 18.3. The van der Waals surface area contributed by atoms with E-state index in [0.29, 0.717) is 11.3 Å². The molecule has 1 N–H and O–H groups in total. The Hall–Kier alpha value is -3.89. The number of nitrogens with one attached hydrogen (secondary N) is 1. The number of esters is 2. The monoisotopic (exact) mass is 562 g/mol. The zero-order valence-corrected chi connectivity index (χ0v) is 22.7. The lowest BCUT2D eigenvalue weighted by Crippen LogP contribution is -2.70. The fraction of sp³-hybridized carbons (Fsp3) is 0.241. The molecular formula is C29H26N2O6S2. The van der Waals surface area contributed by atoms with Gasteiger partial charge in [0.25, 0.3) is 5.91 Å². The van der Waals surface area contributed by atoms with E-state index >= 15 is 0 Å². The molecule has 2 aliphatic rings. The van der Waals surface area contributed by atoms with Crippen molar-refractivity contribution < 1.29 is 28.7 Å². The molecule has 39 heavy (non-hydrogen) atoms. The minimum Gasteiger partial charge on any atom is -0.461 e. The van der Waals surface area contributed by atoms with Crippen LogP contribution in [0.4, 0.5) is 0 Å². The lowest BCUT2D eigenvalue weighted by atomic mass is 10.0. The summed E-state index contributed by atoms with van der Waals surface area (Å²) in [5.74, 6) is -1.53. The molecular weight excluding hydrogens is 536 g/mol. The van der Waals surface area contributed by atoms with Crippen molar-refractivity contribution in [1.82, 2.24) is 10.2 Å².